The first-order valence-corrected chi connectivity index (χ1v) is 16.0. The van der Waals surface area contributed by atoms with E-state index in [0.717, 1.165) is 42.5 Å². The Morgan fingerprint density at radius 3 is 2.19 bits per heavy atom. The molecule has 288 valence electrons. The summed E-state index contributed by atoms with van der Waals surface area (Å²) in [4.78, 5) is 26.8. The van der Waals surface area contributed by atoms with Gasteiger partial charge in [-0.2, -0.15) is 0 Å². The van der Waals surface area contributed by atoms with Crippen LogP contribution in [0.5, 0.6) is 40.2 Å². The van der Waals surface area contributed by atoms with Gasteiger partial charge in [0.2, 0.25) is 17.5 Å². The fourth-order valence-corrected chi connectivity index (χ4v) is 5.79. The molecule has 6 rings (SSSR count). The van der Waals surface area contributed by atoms with E-state index < -0.39 is 131 Å². The number of fused-ring (bicyclic) bond motifs is 1. The Labute approximate surface area is 302 Å². The van der Waals surface area contributed by atoms with E-state index in [0.29, 0.717) is 0 Å². The van der Waals surface area contributed by atoms with Gasteiger partial charge in [-0.3, -0.25) is 4.79 Å². The lowest BCUT2D eigenvalue weighted by Gasteiger charge is -2.45. The molecule has 9 atom stereocenters. The first-order valence-electron chi connectivity index (χ1n) is 16.0. The first-order chi connectivity index (χ1) is 25.7. The summed E-state index contributed by atoms with van der Waals surface area (Å²) in [6.07, 6.45) is -14.4. The zero-order valence-corrected chi connectivity index (χ0v) is 27.6. The van der Waals surface area contributed by atoms with E-state index in [4.69, 9.17) is 28.1 Å². The SMILES string of the molecule is O=C(/C=C/c1ccc(O)c(O)c1)O[C@H]1[C@H](O[C@H]2[C@H](Oc3c(-c4ccc(O)c(O)c4)oc4cc(O)cc(O)c4c3=O)O[C@H](CO)[C@H](O)[C@@H]2O)OC[C@H](O)[C@@H]1O. The molecular formula is C35H34O19. The lowest BCUT2D eigenvalue weighted by atomic mass is 9.98. The number of benzene rings is 3. The van der Waals surface area contributed by atoms with E-state index in [1.54, 1.807) is 0 Å². The van der Waals surface area contributed by atoms with Crippen LogP contribution in [0.4, 0.5) is 0 Å². The second kappa shape index (κ2) is 15.4. The summed E-state index contributed by atoms with van der Waals surface area (Å²) < 4.78 is 34.2. The minimum absolute atomic E-state index is 0.0926. The molecule has 0 bridgehead atoms. The summed E-state index contributed by atoms with van der Waals surface area (Å²) in [5.41, 5.74) is -1.27. The number of carbonyl (C=O) groups excluding carboxylic acids is 1. The second-order valence-electron chi connectivity index (χ2n) is 12.3. The molecule has 19 nitrogen and oxygen atoms in total. The predicted molar refractivity (Wildman–Crippen MR) is 178 cm³/mol. The molecule has 0 saturated carbocycles. The van der Waals surface area contributed by atoms with Crippen LogP contribution in [0.1, 0.15) is 5.56 Å². The van der Waals surface area contributed by atoms with Crippen LogP contribution in [0.2, 0.25) is 0 Å². The molecule has 0 unspecified atom stereocenters. The van der Waals surface area contributed by atoms with Crippen LogP contribution in [-0.2, 0) is 23.7 Å². The van der Waals surface area contributed by atoms with Gasteiger partial charge < -0.3 is 84.3 Å². The maximum atomic E-state index is 14.0. The van der Waals surface area contributed by atoms with Gasteiger partial charge in [-0.05, 0) is 42.0 Å². The van der Waals surface area contributed by atoms with Gasteiger partial charge in [0.25, 0.3) is 0 Å². The number of phenols is 6. The summed E-state index contributed by atoms with van der Waals surface area (Å²) in [5, 5.41) is 112. The van der Waals surface area contributed by atoms with Crippen molar-refractivity contribution in [1.82, 2.24) is 0 Å². The van der Waals surface area contributed by atoms with E-state index in [9.17, 15) is 65.8 Å². The van der Waals surface area contributed by atoms with Gasteiger partial charge in [0.15, 0.2) is 47.3 Å². The van der Waals surface area contributed by atoms with Crippen molar-refractivity contribution in [2.75, 3.05) is 13.2 Å². The Hall–Kier alpha value is -5.64. The Balaban J connectivity index is 1.36. The van der Waals surface area contributed by atoms with Crippen molar-refractivity contribution < 1.29 is 89.1 Å². The number of ether oxygens (including phenoxy) is 5. The molecule has 2 saturated heterocycles. The van der Waals surface area contributed by atoms with Gasteiger partial charge in [0, 0.05) is 23.8 Å². The van der Waals surface area contributed by atoms with Gasteiger partial charge >= 0.3 is 5.97 Å². The van der Waals surface area contributed by atoms with Gasteiger partial charge in [0.1, 0.15) is 53.0 Å². The zero-order chi connectivity index (χ0) is 39.0. The van der Waals surface area contributed by atoms with Gasteiger partial charge in [-0.1, -0.05) is 6.07 Å². The van der Waals surface area contributed by atoms with Gasteiger partial charge in [-0.25, -0.2) is 4.79 Å². The monoisotopic (exact) mass is 758 g/mol. The van der Waals surface area contributed by atoms with Crippen molar-refractivity contribution in [2.45, 2.75) is 55.3 Å². The fourth-order valence-electron chi connectivity index (χ4n) is 5.79. The molecule has 4 aromatic rings. The summed E-state index contributed by atoms with van der Waals surface area (Å²) in [6.45, 7) is -1.49. The Morgan fingerprint density at radius 1 is 0.796 bits per heavy atom. The summed E-state index contributed by atoms with van der Waals surface area (Å²) >= 11 is 0. The van der Waals surface area contributed by atoms with Crippen molar-refractivity contribution in [2.24, 2.45) is 0 Å². The molecule has 0 radical (unpaired) electrons. The van der Waals surface area contributed by atoms with E-state index in [1.807, 2.05) is 0 Å². The van der Waals surface area contributed by atoms with Crippen LogP contribution in [0.15, 0.2) is 63.8 Å². The molecule has 0 aliphatic carbocycles. The van der Waals surface area contributed by atoms with Crippen LogP contribution in [-0.4, -0.2) is 131 Å². The van der Waals surface area contributed by atoms with Crippen molar-refractivity contribution in [3.8, 4) is 51.6 Å². The van der Waals surface area contributed by atoms with Crippen molar-refractivity contribution in [1.29, 1.82) is 0 Å². The van der Waals surface area contributed by atoms with Crippen LogP contribution in [0.3, 0.4) is 0 Å². The van der Waals surface area contributed by atoms with Crippen LogP contribution in [0, 0.1) is 0 Å². The number of hydrogen-bond donors (Lipinski definition) is 11. The molecule has 2 aliphatic heterocycles. The second-order valence-corrected chi connectivity index (χ2v) is 12.3. The third kappa shape index (κ3) is 7.56. The molecule has 3 heterocycles. The molecule has 11 N–H and O–H groups in total. The third-order valence-electron chi connectivity index (χ3n) is 8.60. The highest BCUT2D eigenvalue weighted by atomic mass is 16.8. The topological polar surface area (TPSA) is 316 Å². The number of aromatic hydroxyl groups is 6. The predicted octanol–water partition coefficient (Wildman–Crippen LogP) is -0.400. The quantitative estimate of drug-likeness (QED) is 0.0588. The standard InChI is InChI=1S/C35H34O19/c36-11-23-27(46)29(48)33(54-34-32(26(45)21(43)12-49-34)52-24(44)6-2-13-1-4-16(38)18(40)7-13)35(51-23)53-31-28(47)25-20(42)9-15(37)10-22(25)50-30(31)14-3-5-17(39)19(41)8-14/h1-10,21,23,26-27,29,32-43,45-46,48H,11-12H2/b6-2+/t21-,23+,26-,27-,29-,32+,33+,34-,35-/m0/s1. The number of aliphatic hydroxyl groups excluding tert-OH is 5. The Kier molecular flexibility index (Phi) is 10.8. The molecule has 0 spiro atoms. The van der Waals surface area contributed by atoms with E-state index in [-0.39, 0.29) is 16.7 Å². The molecule has 2 aliphatic rings. The largest absolute Gasteiger partial charge is 0.508 e. The number of hydrogen-bond acceptors (Lipinski definition) is 19. The molecule has 0 amide bonds. The average molecular weight is 759 g/mol. The Morgan fingerprint density at radius 2 is 1.50 bits per heavy atom. The van der Waals surface area contributed by atoms with E-state index in [1.165, 1.54) is 18.2 Å². The highest BCUT2D eigenvalue weighted by Crippen LogP contribution is 2.40. The highest BCUT2D eigenvalue weighted by molar-refractivity contribution is 5.89. The molecule has 2 fully saturated rings. The number of carbonyl (C=O) groups is 1. The van der Waals surface area contributed by atoms with Crippen LogP contribution in [0.25, 0.3) is 28.4 Å². The smallest absolute Gasteiger partial charge is 0.331 e. The zero-order valence-electron chi connectivity index (χ0n) is 27.6. The molecule has 54 heavy (non-hydrogen) atoms. The normalized spacial score (nSPS) is 27.2. The summed E-state index contributed by atoms with van der Waals surface area (Å²) in [6, 6.07) is 8.75. The van der Waals surface area contributed by atoms with Crippen molar-refractivity contribution in [3.63, 3.8) is 0 Å². The molecule has 3 aromatic carbocycles. The lowest BCUT2D eigenvalue weighted by molar-refractivity contribution is -0.345. The maximum Gasteiger partial charge on any atom is 0.331 e. The van der Waals surface area contributed by atoms with Crippen LogP contribution >= 0.6 is 0 Å². The fraction of sp³-hybridized carbons (Fsp3) is 0.314. The van der Waals surface area contributed by atoms with Crippen molar-refractivity contribution >= 4 is 23.0 Å². The van der Waals surface area contributed by atoms with Crippen LogP contribution < -0.4 is 10.2 Å². The maximum absolute atomic E-state index is 14.0. The molecular weight excluding hydrogens is 724 g/mol. The minimum Gasteiger partial charge on any atom is -0.508 e. The summed E-state index contributed by atoms with van der Waals surface area (Å²) in [5.74, 6) is -5.66. The number of esters is 1. The lowest BCUT2D eigenvalue weighted by Crippen LogP contribution is -2.64. The van der Waals surface area contributed by atoms with Crippen molar-refractivity contribution in [3.05, 3.63) is 70.4 Å². The van der Waals surface area contributed by atoms with E-state index >= 15 is 0 Å². The van der Waals surface area contributed by atoms with Gasteiger partial charge in [-0.15, -0.1) is 0 Å². The Bertz CT molecular complexity index is 2110. The van der Waals surface area contributed by atoms with E-state index in [2.05, 4.69) is 0 Å². The number of aliphatic hydroxyl groups is 5. The number of rotatable bonds is 9. The number of phenolic OH excluding ortho intramolecular Hbond substituents is 6. The summed E-state index contributed by atoms with van der Waals surface area (Å²) in [7, 11) is 0. The van der Waals surface area contributed by atoms with Gasteiger partial charge in [0.05, 0.1) is 13.2 Å². The minimum atomic E-state index is -2.02. The highest BCUT2D eigenvalue weighted by Gasteiger charge is 2.51. The first kappa shape index (κ1) is 38.1. The average Bonchev–Trinajstić information content (AvgIpc) is 3.13. The third-order valence-corrected chi connectivity index (χ3v) is 8.60. The molecule has 19 heteroatoms. The molecule has 1 aromatic heterocycles.